The highest BCUT2D eigenvalue weighted by Crippen LogP contribution is 2.64. The van der Waals surface area contributed by atoms with Crippen LogP contribution in [0, 0.1) is 22.7 Å². The molecule has 2 saturated carbocycles. The van der Waals surface area contributed by atoms with E-state index in [-0.39, 0.29) is 34.4 Å². The number of carbonyl (C=O) groups is 1. The number of aliphatic hydroxyl groups excluding tert-OH is 1. The highest BCUT2D eigenvalue weighted by Gasteiger charge is 2.63. The molecule has 0 bridgehead atoms. The first-order valence-corrected chi connectivity index (χ1v) is 7.57. The molecule has 0 aromatic rings. The number of aliphatic hydroxyl groups is 1. The molecule has 0 amide bonds. The predicted octanol–water partition coefficient (Wildman–Crippen LogP) is 2.91. The molecule has 5 unspecified atom stereocenters. The number of carbonyl (C=O) groups excluding carboxylic acids is 1. The highest BCUT2D eigenvalue weighted by molar-refractivity contribution is 5.73. The van der Waals surface area contributed by atoms with Gasteiger partial charge in [-0.05, 0) is 49.4 Å². The van der Waals surface area contributed by atoms with Crippen LogP contribution in [0.15, 0.2) is 0 Å². The summed E-state index contributed by atoms with van der Waals surface area (Å²) in [7, 11) is 0. The van der Waals surface area contributed by atoms with E-state index in [1.54, 1.807) is 0 Å². The maximum absolute atomic E-state index is 11.8. The summed E-state index contributed by atoms with van der Waals surface area (Å²) >= 11 is 0. The molecule has 3 heteroatoms. The van der Waals surface area contributed by atoms with Crippen LogP contribution in [0.5, 0.6) is 0 Å². The van der Waals surface area contributed by atoms with Gasteiger partial charge in [-0.3, -0.25) is 4.79 Å². The van der Waals surface area contributed by atoms with Crippen LogP contribution in [0.25, 0.3) is 0 Å². The number of esters is 1. The van der Waals surface area contributed by atoms with Crippen molar-refractivity contribution in [2.45, 2.75) is 71.5 Å². The predicted molar refractivity (Wildman–Crippen MR) is 72.5 cm³/mol. The van der Waals surface area contributed by atoms with Gasteiger partial charge in [0, 0.05) is 5.92 Å². The second-order valence-corrected chi connectivity index (χ2v) is 8.19. The summed E-state index contributed by atoms with van der Waals surface area (Å²) in [4.78, 5) is 11.8. The fourth-order valence-electron chi connectivity index (χ4n) is 5.81. The van der Waals surface area contributed by atoms with Gasteiger partial charge in [0.15, 0.2) is 0 Å². The van der Waals surface area contributed by atoms with Crippen molar-refractivity contribution < 1.29 is 14.6 Å². The number of rotatable bonds is 0. The lowest BCUT2D eigenvalue weighted by molar-refractivity contribution is -0.176. The van der Waals surface area contributed by atoms with Gasteiger partial charge >= 0.3 is 5.97 Å². The molecule has 3 fully saturated rings. The molecule has 1 saturated heterocycles. The van der Waals surface area contributed by atoms with E-state index < -0.39 is 0 Å². The van der Waals surface area contributed by atoms with Gasteiger partial charge in [-0.2, -0.15) is 0 Å². The maximum atomic E-state index is 11.8. The molecular formula is C16H26O3. The van der Waals surface area contributed by atoms with Crippen LogP contribution in [-0.4, -0.2) is 22.8 Å². The number of ether oxygens (including phenoxy) is 1. The summed E-state index contributed by atoms with van der Waals surface area (Å²) < 4.78 is 5.65. The Balaban J connectivity index is 2.02. The van der Waals surface area contributed by atoms with E-state index in [2.05, 4.69) is 27.7 Å². The molecule has 19 heavy (non-hydrogen) atoms. The minimum Gasteiger partial charge on any atom is -0.459 e. The SMILES string of the molecule is CC1(C)CC(O)CC2(C)C1CCC1(C)OC(=O)CC12. The fraction of sp³-hybridized carbons (Fsp3) is 0.938. The number of hydrogen-bond donors (Lipinski definition) is 1. The Morgan fingerprint density at radius 2 is 1.84 bits per heavy atom. The zero-order chi connectivity index (χ0) is 14.1. The number of fused-ring (bicyclic) bond motifs is 3. The molecule has 3 nitrogen and oxygen atoms in total. The smallest absolute Gasteiger partial charge is 0.306 e. The lowest BCUT2D eigenvalue weighted by Gasteiger charge is -2.60. The summed E-state index contributed by atoms with van der Waals surface area (Å²) in [6, 6.07) is 0. The molecule has 1 heterocycles. The van der Waals surface area contributed by atoms with Crippen LogP contribution in [0.4, 0.5) is 0 Å². The second kappa shape index (κ2) is 3.75. The molecule has 0 aromatic carbocycles. The third-order valence-corrected chi connectivity index (χ3v) is 6.36. The van der Waals surface area contributed by atoms with E-state index in [1.807, 2.05) is 0 Å². The first-order valence-electron chi connectivity index (χ1n) is 7.57. The summed E-state index contributed by atoms with van der Waals surface area (Å²) in [6.45, 7) is 8.93. The molecule has 5 atom stereocenters. The number of hydrogen-bond acceptors (Lipinski definition) is 3. The van der Waals surface area contributed by atoms with Gasteiger partial charge in [-0.25, -0.2) is 0 Å². The van der Waals surface area contributed by atoms with Gasteiger partial charge in [0.1, 0.15) is 5.60 Å². The Morgan fingerprint density at radius 1 is 1.16 bits per heavy atom. The average molecular weight is 266 g/mol. The minimum atomic E-state index is -0.296. The summed E-state index contributed by atoms with van der Waals surface area (Å²) in [6.07, 6.45) is 4.07. The van der Waals surface area contributed by atoms with Gasteiger partial charge in [0.2, 0.25) is 0 Å². The molecule has 108 valence electrons. The molecule has 0 aromatic heterocycles. The molecule has 3 aliphatic rings. The molecule has 0 radical (unpaired) electrons. The van der Waals surface area contributed by atoms with Gasteiger partial charge < -0.3 is 9.84 Å². The fourth-order valence-corrected chi connectivity index (χ4v) is 5.81. The minimum absolute atomic E-state index is 0.0281. The average Bonchev–Trinajstić information content (AvgIpc) is 2.51. The van der Waals surface area contributed by atoms with Crippen molar-refractivity contribution >= 4 is 5.97 Å². The molecule has 2 aliphatic carbocycles. The monoisotopic (exact) mass is 266 g/mol. The Morgan fingerprint density at radius 3 is 2.53 bits per heavy atom. The van der Waals surface area contributed by atoms with Crippen LogP contribution in [0.3, 0.4) is 0 Å². The van der Waals surface area contributed by atoms with Crippen LogP contribution >= 0.6 is 0 Å². The summed E-state index contributed by atoms with van der Waals surface area (Å²) in [5.41, 5.74) is -0.116. The zero-order valence-corrected chi connectivity index (χ0v) is 12.5. The van der Waals surface area contributed by atoms with E-state index in [0.717, 1.165) is 25.7 Å². The van der Waals surface area contributed by atoms with E-state index in [4.69, 9.17) is 4.74 Å². The van der Waals surface area contributed by atoms with Crippen LogP contribution in [0.2, 0.25) is 0 Å². The van der Waals surface area contributed by atoms with E-state index >= 15 is 0 Å². The summed E-state index contributed by atoms with van der Waals surface area (Å²) in [5, 5.41) is 10.3. The molecular weight excluding hydrogens is 240 g/mol. The Bertz CT molecular complexity index is 416. The van der Waals surface area contributed by atoms with E-state index in [1.165, 1.54) is 0 Å². The third-order valence-electron chi connectivity index (χ3n) is 6.36. The lowest BCUT2D eigenvalue weighted by Crippen LogP contribution is -2.58. The maximum Gasteiger partial charge on any atom is 0.306 e. The molecule has 0 spiro atoms. The van der Waals surface area contributed by atoms with Crippen molar-refractivity contribution in [2.24, 2.45) is 22.7 Å². The largest absolute Gasteiger partial charge is 0.459 e. The van der Waals surface area contributed by atoms with Crippen molar-refractivity contribution in [1.82, 2.24) is 0 Å². The quantitative estimate of drug-likeness (QED) is 0.686. The normalized spacial score (nSPS) is 52.3. The Labute approximate surface area is 115 Å². The Kier molecular flexibility index (Phi) is 2.65. The summed E-state index contributed by atoms with van der Waals surface area (Å²) in [5.74, 6) is 0.795. The second-order valence-electron chi connectivity index (χ2n) is 8.19. The van der Waals surface area contributed by atoms with Gasteiger partial charge in [-0.1, -0.05) is 20.8 Å². The topological polar surface area (TPSA) is 46.5 Å². The van der Waals surface area contributed by atoms with Crippen LogP contribution < -0.4 is 0 Å². The van der Waals surface area contributed by atoms with E-state index in [9.17, 15) is 9.90 Å². The van der Waals surface area contributed by atoms with Crippen LogP contribution in [-0.2, 0) is 9.53 Å². The zero-order valence-electron chi connectivity index (χ0n) is 12.5. The third kappa shape index (κ3) is 1.77. The van der Waals surface area contributed by atoms with Crippen molar-refractivity contribution in [3.8, 4) is 0 Å². The van der Waals surface area contributed by atoms with Gasteiger partial charge in [0.05, 0.1) is 12.5 Å². The first-order chi connectivity index (χ1) is 8.67. The van der Waals surface area contributed by atoms with E-state index in [0.29, 0.717) is 12.3 Å². The highest BCUT2D eigenvalue weighted by atomic mass is 16.6. The van der Waals surface area contributed by atoms with Gasteiger partial charge in [0.25, 0.3) is 0 Å². The van der Waals surface area contributed by atoms with Gasteiger partial charge in [-0.15, -0.1) is 0 Å². The van der Waals surface area contributed by atoms with Crippen molar-refractivity contribution in [2.75, 3.05) is 0 Å². The van der Waals surface area contributed by atoms with Crippen molar-refractivity contribution in [3.63, 3.8) is 0 Å². The Hall–Kier alpha value is -0.570. The first kappa shape index (κ1) is 13.4. The van der Waals surface area contributed by atoms with Crippen molar-refractivity contribution in [1.29, 1.82) is 0 Å². The van der Waals surface area contributed by atoms with Crippen LogP contribution in [0.1, 0.15) is 59.8 Å². The molecule has 1 aliphatic heterocycles. The standard InChI is InChI=1S/C16H26O3/c1-14(2)8-10(17)9-15(3)11(14)5-6-16(4)12(15)7-13(18)19-16/h10-12,17H,5-9H2,1-4H3. The lowest BCUT2D eigenvalue weighted by atomic mass is 9.45. The van der Waals surface area contributed by atoms with Crippen molar-refractivity contribution in [3.05, 3.63) is 0 Å². The molecule has 1 N–H and O–H groups in total. The molecule has 3 rings (SSSR count).